The standard InChI is InChI=1S/C27H36N4O8/c1-6-14-36-25(35)30-39-27(5,23(32)33)22-11-9-19-15-18(8-10-21(19)37-22)20-16-29-31(17-20)13-7-12-28-24(34)38-26(2,3)4/h6,8,10,15-17,22H,1,7,9,11-14H2,2-5H3,(H,28,34)(H,30,35)(H,32,33)/t22-,27+/m1/s1. The third-order valence-electron chi connectivity index (χ3n) is 5.92. The number of hydroxylamine groups is 1. The Morgan fingerprint density at radius 1 is 1.23 bits per heavy atom. The van der Waals surface area contributed by atoms with Gasteiger partial charge in [-0.05, 0) is 70.2 Å². The van der Waals surface area contributed by atoms with E-state index in [1.807, 2.05) is 44.6 Å². The molecule has 0 saturated carbocycles. The molecule has 1 aromatic heterocycles. The fourth-order valence-corrected chi connectivity index (χ4v) is 3.90. The number of alkyl carbamates (subject to hydrolysis) is 1. The molecule has 2 aromatic rings. The largest absolute Gasteiger partial charge is 0.486 e. The number of carbonyl (C=O) groups is 3. The number of nitrogens with one attached hydrogen (secondary N) is 2. The summed E-state index contributed by atoms with van der Waals surface area (Å²) in [5.41, 5.74) is 2.42. The van der Waals surface area contributed by atoms with Gasteiger partial charge < -0.3 is 24.6 Å². The van der Waals surface area contributed by atoms with Gasteiger partial charge in [-0.15, -0.1) is 0 Å². The molecular formula is C27H36N4O8. The average Bonchev–Trinajstić information content (AvgIpc) is 3.35. The van der Waals surface area contributed by atoms with Crippen LogP contribution in [0.1, 0.15) is 46.1 Å². The van der Waals surface area contributed by atoms with E-state index < -0.39 is 35.5 Å². The van der Waals surface area contributed by atoms with Gasteiger partial charge >= 0.3 is 18.2 Å². The van der Waals surface area contributed by atoms with Gasteiger partial charge in [-0.1, -0.05) is 18.7 Å². The van der Waals surface area contributed by atoms with Crippen LogP contribution in [0.4, 0.5) is 9.59 Å². The summed E-state index contributed by atoms with van der Waals surface area (Å²) in [6, 6.07) is 5.64. The zero-order valence-electron chi connectivity index (χ0n) is 22.7. The quantitative estimate of drug-likeness (QED) is 0.218. The molecule has 1 aliphatic rings. The lowest BCUT2D eigenvalue weighted by molar-refractivity contribution is -0.189. The third-order valence-corrected chi connectivity index (χ3v) is 5.92. The van der Waals surface area contributed by atoms with Gasteiger partial charge in [-0.25, -0.2) is 19.2 Å². The summed E-state index contributed by atoms with van der Waals surface area (Å²) >= 11 is 0. The maximum atomic E-state index is 12.0. The number of carboxylic acid groups (broad SMARTS) is 1. The minimum Gasteiger partial charge on any atom is -0.486 e. The Morgan fingerprint density at radius 3 is 2.69 bits per heavy atom. The van der Waals surface area contributed by atoms with Crippen LogP contribution in [0.25, 0.3) is 11.1 Å². The first kappa shape index (κ1) is 29.5. The third kappa shape index (κ3) is 8.21. The molecule has 1 aliphatic heterocycles. The van der Waals surface area contributed by atoms with E-state index in [2.05, 4.69) is 17.0 Å². The molecule has 0 aliphatic carbocycles. The summed E-state index contributed by atoms with van der Waals surface area (Å²) in [5.74, 6) is -0.744. The van der Waals surface area contributed by atoms with E-state index in [0.29, 0.717) is 38.1 Å². The van der Waals surface area contributed by atoms with Gasteiger partial charge in [0, 0.05) is 24.8 Å². The van der Waals surface area contributed by atoms with Gasteiger partial charge in [0.25, 0.3) is 0 Å². The molecule has 3 N–H and O–H groups in total. The second-order valence-corrected chi connectivity index (χ2v) is 10.2. The lowest BCUT2D eigenvalue weighted by atomic mass is 9.90. The average molecular weight is 545 g/mol. The van der Waals surface area contributed by atoms with E-state index in [0.717, 1.165) is 16.7 Å². The molecule has 3 rings (SSSR count). The van der Waals surface area contributed by atoms with E-state index in [-0.39, 0.29) is 6.61 Å². The summed E-state index contributed by atoms with van der Waals surface area (Å²) in [6.07, 6.45) is 4.43. The number of ether oxygens (including phenoxy) is 3. The van der Waals surface area contributed by atoms with Gasteiger partial charge in [-0.3, -0.25) is 4.68 Å². The predicted molar refractivity (Wildman–Crippen MR) is 141 cm³/mol. The number of aromatic nitrogens is 2. The van der Waals surface area contributed by atoms with Crippen molar-refractivity contribution in [3.8, 4) is 16.9 Å². The van der Waals surface area contributed by atoms with Crippen LogP contribution in [0.5, 0.6) is 5.75 Å². The number of carbonyl (C=O) groups excluding carboxylic acids is 2. The normalized spacial score (nSPS) is 16.2. The molecule has 12 nitrogen and oxygen atoms in total. The van der Waals surface area contributed by atoms with Crippen molar-refractivity contribution in [2.75, 3.05) is 13.2 Å². The molecular weight excluding hydrogens is 508 g/mol. The SMILES string of the molecule is C=CCOC(=O)NO[C@](C)(C(=O)O)[C@H]1CCc2cc(-c3cnn(CCCNC(=O)OC(C)(C)C)c3)ccc2O1. The second-order valence-electron chi connectivity index (χ2n) is 10.2. The Balaban J connectivity index is 1.58. The summed E-state index contributed by atoms with van der Waals surface area (Å²) in [7, 11) is 0. The van der Waals surface area contributed by atoms with Crippen LogP contribution in [0.15, 0.2) is 43.2 Å². The zero-order chi connectivity index (χ0) is 28.6. The first-order valence-electron chi connectivity index (χ1n) is 12.7. The topological polar surface area (TPSA) is 150 Å². The van der Waals surface area contributed by atoms with Crippen molar-refractivity contribution in [2.24, 2.45) is 0 Å². The molecule has 0 spiro atoms. The second kappa shape index (κ2) is 12.7. The minimum absolute atomic E-state index is 0.0428. The maximum absolute atomic E-state index is 12.0. The molecule has 1 aromatic carbocycles. The number of rotatable bonds is 11. The summed E-state index contributed by atoms with van der Waals surface area (Å²) < 4.78 is 17.8. The molecule has 0 saturated heterocycles. The number of fused-ring (bicyclic) bond motifs is 1. The van der Waals surface area contributed by atoms with Crippen LogP contribution < -0.4 is 15.5 Å². The minimum atomic E-state index is -1.84. The van der Waals surface area contributed by atoms with E-state index in [4.69, 9.17) is 19.0 Å². The van der Waals surface area contributed by atoms with Crippen LogP contribution in [-0.4, -0.2) is 63.5 Å². The molecule has 0 unspecified atom stereocenters. The molecule has 212 valence electrons. The Morgan fingerprint density at radius 2 is 2.00 bits per heavy atom. The summed E-state index contributed by atoms with van der Waals surface area (Å²) in [5, 5.41) is 17.0. The Labute approximate surface area is 227 Å². The Hall–Kier alpha value is -4.06. The maximum Gasteiger partial charge on any atom is 0.431 e. The van der Waals surface area contributed by atoms with Gasteiger partial charge in [0.1, 0.15) is 24.1 Å². The van der Waals surface area contributed by atoms with E-state index in [1.165, 1.54) is 13.0 Å². The fraction of sp³-hybridized carbons (Fsp3) is 0.481. The number of hydrogen-bond acceptors (Lipinski definition) is 8. The van der Waals surface area contributed by atoms with E-state index >= 15 is 0 Å². The number of amides is 2. The van der Waals surface area contributed by atoms with E-state index in [9.17, 15) is 19.5 Å². The van der Waals surface area contributed by atoms with Gasteiger partial charge in [-0.2, -0.15) is 10.6 Å². The fourth-order valence-electron chi connectivity index (χ4n) is 3.90. The number of aryl methyl sites for hydroxylation is 2. The highest BCUT2D eigenvalue weighted by Crippen LogP contribution is 2.35. The lowest BCUT2D eigenvalue weighted by Crippen LogP contribution is -2.56. The molecule has 0 radical (unpaired) electrons. The van der Waals surface area contributed by atoms with Crippen molar-refractivity contribution in [1.29, 1.82) is 0 Å². The highest BCUT2D eigenvalue weighted by atomic mass is 16.7. The molecule has 2 amide bonds. The van der Waals surface area contributed by atoms with Crippen molar-refractivity contribution < 1.29 is 38.5 Å². The molecule has 0 fully saturated rings. The monoisotopic (exact) mass is 544 g/mol. The number of aliphatic carboxylic acids is 1. The molecule has 0 bridgehead atoms. The van der Waals surface area contributed by atoms with Crippen molar-refractivity contribution >= 4 is 18.2 Å². The number of carboxylic acids is 1. The van der Waals surface area contributed by atoms with Crippen LogP contribution in [0, 0.1) is 0 Å². The first-order chi connectivity index (χ1) is 18.4. The van der Waals surface area contributed by atoms with Crippen molar-refractivity contribution in [3.63, 3.8) is 0 Å². The van der Waals surface area contributed by atoms with Crippen molar-refractivity contribution in [3.05, 3.63) is 48.8 Å². The molecule has 2 heterocycles. The van der Waals surface area contributed by atoms with Crippen molar-refractivity contribution in [1.82, 2.24) is 20.6 Å². The van der Waals surface area contributed by atoms with Crippen LogP contribution in [0.2, 0.25) is 0 Å². The molecule has 39 heavy (non-hydrogen) atoms. The molecule has 2 atom stereocenters. The molecule has 12 heteroatoms. The Kier molecular flexibility index (Phi) is 9.57. The highest BCUT2D eigenvalue weighted by Gasteiger charge is 2.47. The summed E-state index contributed by atoms with van der Waals surface area (Å²) in [4.78, 5) is 40.7. The van der Waals surface area contributed by atoms with Crippen LogP contribution in [-0.2, 0) is 32.1 Å². The van der Waals surface area contributed by atoms with E-state index in [1.54, 1.807) is 16.9 Å². The Bertz CT molecular complexity index is 1190. The van der Waals surface area contributed by atoms with Gasteiger partial charge in [0.05, 0.1) is 6.20 Å². The highest BCUT2D eigenvalue weighted by molar-refractivity contribution is 5.78. The number of benzene rings is 1. The number of hydrogen-bond donors (Lipinski definition) is 3. The number of nitrogens with zero attached hydrogens (tertiary/aromatic N) is 2. The van der Waals surface area contributed by atoms with Crippen LogP contribution >= 0.6 is 0 Å². The van der Waals surface area contributed by atoms with Gasteiger partial charge in [0.2, 0.25) is 5.60 Å². The zero-order valence-corrected chi connectivity index (χ0v) is 22.7. The van der Waals surface area contributed by atoms with Crippen LogP contribution in [0.3, 0.4) is 0 Å². The van der Waals surface area contributed by atoms with Crippen molar-refractivity contribution in [2.45, 2.75) is 70.8 Å². The summed E-state index contributed by atoms with van der Waals surface area (Å²) in [6.45, 7) is 11.3. The first-order valence-corrected chi connectivity index (χ1v) is 12.7. The van der Waals surface area contributed by atoms with Gasteiger partial charge in [0.15, 0.2) is 0 Å². The predicted octanol–water partition coefficient (Wildman–Crippen LogP) is 3.85. The smallest absolute Gasteiger partial charge is 0.431 e. The lowest BCUT2D eigenvalue weighted by Gasteiger charge is -2.36.